The number of rotatable bonds is 5. The Morgan fingerprint density at radius 3 is 2.64 bits per heavy atom. The van der Waals surface area contributed by atoms with Gasteiger partial charge in [-0.25, -0.2) is 0 Å². The van der Waals surface area contributed by atoms with Crippen LogP contribution < -0.4 is 0 Å². The van der Waals surface area contributed by atoms with Gasteiger partial charge in [0.15, 0.2) is 0 Å². The molecule has 1 atom stereocenters. The van der Waals surface area contributed by atoms with Gasteiger partial charge in [-0.2, -0.15) is 5.26 Å². The molecule has 0 radical (unpaired) electrons. The molecule has 0 saturated carbocycles. The van der Waals surface area contributed by atoms with E-state index in [1.807, 2.05) is 18.2 Å². The zero-order chi connectivity index (χ0) is 10.2. The minimum atomic E-state index is 0.348. The van der Waals surface area contributed by atoms with E-state index >= 15 is 0 Å². The van der Waals surface area contributed by atoms with Crippen LogP contribution in [-0.2, 0) is 0 Å². The summed E-state index contributed by atoms with van der Waals surface area (Å²) < 4.78 is 0. The lowest BCUT2D eigenvalue weighted by atomic mass is 10.1. The van der Waals surface area contributed by atoms with Gasteiger partial charge < -0.3 is 0 Å². The first-order valence-electron chi connectivity index (χ1n) is 4.98. The molecule has 1 nitrogen and oxygen atoms in total. The molecule has 1 rings (SSSR count). The first-order valence-corrected chi connectivity index (χ1v) is 5.86. The van der Waals surface area contributed by atoms with Crippen molar-refractivity contribution >= 4 is 11.8 Å². The second-order valence-corrected chi connectivity index (χ2v) is 4.24. The number of benzene rings is 1. The minimum absolute atomic E-state index is 0.348. The highest BCUT2D eigenvalue weighted by atomic mass is 32.2. The van der Waals surface area contributed by atoms with Crippen LogP contribution in [0.15, 0.2) is 30.3 Å². The summed E-state index contributed by atoms with van der Waals surface area (Å²) in [5.74, 6) is 0. The van der Waals surface area contributed by atoms with E-state index in [1.54, 1.807) is 0 Å². The van der Waals surface area contributed by atoms with Crippen LogP contribution in [0.1, 0.15) is 37.0 Å². The van der Waals surface area contributed by atoms with E-state index in [2.05, 4.69) is 24.5 Å². The van der Waals surface area contributed by atoms with Crippen molar-refractivity contribution in [2.24, 2.45) is 0 Å². The number of thioether (sulfide) groups is 1. The van der Waals surface area contributed by atoms with E-state index in [9.17, 15) is 0 Å². The molecule has 74 valence electrons. The summed E-state index contributed by atoms with van der Waals surface area (Å²) >= 11 is 1.37. The summed E-state index contributed by atoms with van der Waals surface area (Å²) in [6.45, 7) is 2.18. The van der Waals surface area contributed by atoms with Crippen LogP contribution >= 0.6 is 11.8 Å². The van der Waals surface area contributed by atoms with E-state index in [1.165, 1.54) is 30.2 Å². The highest BCUT2D eigenvalue weighted by molar-refractivity contribution is 8.03. The van der Waals surface area contributed by atoms with Crippen LogP contribution in [0.25, 0.3) is 0 Å². The number of nitriles is 1. The fraction of sp³-hybridized carbons (Fsp3) is 0.417. The molecule has 0 aliphatic carbocycles. The fourth-order valence-corrected chi connectivity index (χ4v) is 2.12. The lowest BCUT2D eigenvalue weighted by Crippen LogP contribution is -1.92. The highest BCUT2D eigenvalue weighted by Crippen LogP contribution is 2.32. The van der Waals surface area contributed by atoms with Crippen molar-refractivity contribution in [2.75, 3.05) is 0 Å². The van der Waals surface area contributed by atoms with Crippen molar-refractivity contribution < 1.29 is 0 Å². The van der Waals surface area contributed by atoms with E-state index < -0.39 is 0 Å². The lowest BCUT2D eigenvalue weighted by Gasteiger charge is -2.11. The van der Waals surface area contributed by atoms with Gasteiger partial charge in [-0.3, -0.25) is 0 Å². The van der Waals surface area contributed by atoms with Crippen molar-refractivity contribution in [2.45, 2.75) is 31.4 Å². The average molecular weight is 205 g/mol. The fourth-order valence-electron chi connectivity index (χ4n) is 1.41. The van der Waals surface area contributed by atoms with Crippen LogP contribution in [0.3, 0.4) is 0 Å². The predicted molar refractivity (Wildman–Crippen MR) is 61.9 cm³/mol. The van der Waals surface area contributed by atoms with Crippen molar-refractivity contribution in [3.8, 4) is 5.40 Å². The van der Waals surface area contributed by atoms with E-state index in [4.69, 9.17) is 5.26 Å². The summed E-state index contributed by atoms with van der Waals surface area (Å²) in [7, 11) is 0. The molecule has 1 aromatic rings. The zero-order valence-corrected chi connectivity index (χ0v) is 9.26. The average Bonchev–Trinajstić information content (AvgIpc) is 2.25. The molecular formula is C12H15NS. The van der Waals surface area contributed by atoms with Gasteiger partial charge in [0, 0.05) is 5.25 Å². The number of hydrogen-bond acceptors (Lipinski definition) is 2. The third kappa shape index (κ3) is 3.43. The van der Waals surface area contributed by atoms with Crippen LogP contribution in [0.4, 0.5) is 0 Å². The quantitative estimate of drug-likeness (QED) is 0.675. The van der Waals surface area contributed by atoms with Crippen molar-refractivity contribution in [3.05, 3.63) is 35.9 Å². The van der Waals surface area contributed by atoms with E-state index in [0.29, 0.717) is 5.25 Å². The third-order valence-corrected chi connectivity index (χ3v) is 3.08. The molecule has 0 N–H and O–H groups in total. The molecule has 0 bridgehead atoms. The van der Waals surface area contributed by atoms with Gasteiger partial charge in [-0.15, -0.1) is 0 Å². The number of thiocyanates is 1. The largest absolute Gasteiger partial charge is 0.185 e. The lowest BCUT2D eigenvalue weighted by molar-refractivity contribution is 0.708. The van der Waals surface area contributed by atoms with Gasteiger partial charge in [0.2, 0.25) is 0 Å². The first-order chi connectivity index (χ1) is 6.88. The Labute approximate surface area is 90.1 Å². The first kappa shape index (κ1) is 11.1. The molecule has 1 aromatic carbocycles. The monoisotopic (exact) mass is 205 g/mol. The molecule has 0 aromatic heterocycles. The van der Waals surface area contributed by atoms with Crippen molar-refractivity contribution in [3.63, 3.8) is 0 Å². The molecule has 1 unspecified atom stereocenters. The Hall–Kier alpha value is -0.940. The molecule has 0 fully saturated rings. The molecule has 0 aliphatic heterocycles. The summed E-state index contributed by atoms with van der Waals surface area (Å²) in [5.41, 5.74) is 1.27. The van der Waals surface area contributed by atoms with Crippen LogP contribution in [0, 0.1) is 10.7 Å². The van der Waals surface area contributed by atoms with Gasteiger partial charge in [-0.05, 0) is 23.7 Å². The Kier molecular flexibility index (Phi) is 5.17. The predicted octanol–water partition coefficient (Wildman–Crippen LogP) is 4.13. The smallest absolute Gasteiger partial charge is 0.133 e. The maximum Gasteiger partial charge on any atom is 0.133 e. The second kappa shape index (κ2) is 6.50. The number of nitrogens with zero attached hydrogens (tertiary/aromatic N) is 1. The number of hydrogen-bond donors (Lipinski definition) is 0. The molecule has 14 heavy (non-hydrogen) atoms. The van der Waals surface area contributed by atoms with Crippen LogP contribution in [0.2, 0.25) is 0 Å². The molecule has 2 heteroatoms. The minimum Gasteiger partial charge on any atom is -0.185 e. The summed E-state index contributed by atoms with van der Waals surface area (Å²) in [6.07, 6.45) is 3.47. The highest BCUT2D eigenvalue weighted by Gasteiger charge is 2.10. The molecule has 0 heterocycles. The topological polar surface area (TPSA) is 23.8 Å². The SMILES string of the molecule is CCCCC(SC#N)c1ccccc1. The molecule has 0 spiro atoms. The molecule has 0 saturated heterocycles. The zero-order valence-electron chi connectivity index (χ0n) is 8.44. The van der Waals surface area contributed by atoms with Gasteiger partial charge in [0.1, 0.15) is 5.40 Å². The summed E-state index contributed by atoms with van der Waals surface area (Å²) in [5, 5.41) is 11.3. The van der Waals surface area contributed by atoms with Crippen molar-refractivity contribution in [1.82, 2.24) is 0 Å². The second-order valence-electron chi connectivity index (χ2n) is 3.25. The van der Waals surface area contributed by atoms with Gasteiger partial charge in [0.25, 0.3) is 0 Å². The molecular weight excluding hydrogens is 190 g/mol. The summed E-state index contributed by atoms with van der Waals surface area (Å²) in [6, 6.07) is 10.3. The molecule has 0 amide bonds. The van der Waals surface area contributed by atoms with E-state index in [-0.39, 0.29) is 0 Å². The van der Waals surface area contributed by atoms with Crippen LogP contribution in [0.5, 0.6) is 0 Å². The number of unbranched alkanes of at least 4 members (excludes halogenated alkanes) is 1. The van der Waals surface area contributed by atoms with Gasteiger partial charge in [0.05, 0.1) is 0 Å². The standard InChI is InChI=1S/C12H15NS/c1-2-3-9-12(14-10-13)11-7-5-4-6-8-11/h4-8,12H,2-3,9H2,1H3. The van der Waals surface area contributed by atoms with Gasteiger partial charge in [-0.1, -0.05) is 50.1 Å². The Balaban J connectivity index is 2.63. The van der Waals surface area contributed by atoms with Crippen molar-refractivity contribution in [1.29, 1.82) is 5.26 Å². The molecule has 0 aliphatic rings. The summed E-state index contributed by atoms with van der Waals surface area (Å²) in [4.78, 5) is 0. The van der Waals surface area contributed by atoms with E-state index in [0.717, 1.165) is 6.42 Å². The van der Waals surface area contributed by atoms with Crippen LogP contribution in [-0.4, -0.2) is 0 Å². The third-order valence-electron chi connectivity index (χ3n) is 2.19. The Morgan fingerprint density at radius 2 is 2.07 bits per heavy atom. The Morgan fingerprint density at radius 1 is 1.36 bits per heavy atom. The van der Waals surface area contributed by atoms with Gasteiger partial charge >= 0.3 is 0 Å². The Bertz CT molecular complexity index is 289. The normalized spacial score (nSPS) is 12.0. The maximum absolute atomic E-state index is 8.71. The maximum atomic E-state index is 8.71.